The number of hydrogen-bond acceptors (Lipinski definition) is 4. The molecule has 0 spiro atoms. The molecule has 1 amide bonds. The molecule has 0 fully saturated rings. The molecule has 23 heavy (non-hydrogen) atoms. The van der Waals surface area contributed by atoms with Crippen LogP contribution in [0.3, 0.4) is 0 Å². The van der Waals surface area contributed by atoms with Crippen LogP contribution in [0.25, 0.3) is 10.9 Å². The number of nitrogens with zero attached hydrogens (tertiary/aromatic N) is 1. The number of nitrogens with one attached hydrogen (secondary N) is 1. The molecule has 6 heteroatoms. The number of anilines is 1. The predicted octanol–water partition coefficient (Wildman–Crippen LogP) is 2.89. The van der Waals surface area contributed by atoms with Crippen LogP contribution in [0.4, 0.5) is 5.69 Å². The fourth-order valence-electron chi connectivity index (χ4n) is 2.27. The molecule has 0 saturated carbocycles. The molecule has 1 aromatic heterocycles. The Morgan fingerprint density at radius 2 is 1.83 bits per heavy atom. The first-order valence-electron chi connectivity index (χ1n) is 6.90. The minimum atomic E-state index is -3.36. The highest BCUT2D eigenvalue weighted by Crippen LogP contribution is 2.22. The molecule has 0 aliphatic rings. The van der Waals surface area contributed by atoms with Crippen molar-refractivity contribution >= 4 is 32.3 Å². The zero-order valence-corrected chi connectivity index (χ0v) is 13.2. The van der Waals surface area contributed by atoms with Gasteiger partial charge in [-0.15, -0.1) is 0 Å². The summed E-state index contributed by atoms with van der Waals surface area (Å²) in [4.78, 5) is 16.8. The second-order valence-electron chi connectivity index (χ2n) is 5.13. The van der Waals surface area contributed by atoms with Gasteiger partial charge in [-0.25, -0.2) is 8.42 Å². The zero-order valence-electron chi connectivity index (χ0n) is 12.4. The lowest BCUT2D eigenvalue weighted by molar-refractivity contribution is 0.102. The molecular formula is C17H14N2O3S. The highest BCUT2D eigenvalue weighted by atomic mass is 32.2. The van der Waals surface area contributed by atoms with Crippen molar-refractivity contribution in [1.82, 2.24) is 4.98 Å². The highest BCUT2D eigenvalue weighted by molar-refractivity contribution is 7.90. The van der Waals surface area contributed by atoms with E-state index in [4.69, 9.17) is 0 Å². The van der Waals surface area contributed by atoms with Crippen LogP contribution >= 0.6 is 0 Å². The van der Waals surface area contributed by atoms with Crippen LogP contribution in [0, 0.1) is 0 Å². The molecule has 1 heterocycles. The van der Waals surface area contributed by atoms with E-state index in [1.165, 1.54) is 12.1 Å². The van der Waals surface area contributed by atoms with Crippen LogP contribution in [-0.2, 0) is 9.84 Å². The molecule has 0 unspecified atom stereocenters. The van der Waals surface area contributed by atoms with Crippen LogP contribution in [0.2, 0.25) is 0 Å². The van der Waals surface area contributed by atoms with Gasteiger partial charge in [0.25, 0.3) is 5.91 Å². The summed E-state index contributed by atoms with van der Waals surface area (Å²) in [5, 5.41) is 3.63. The Morgan fingerprint density at radius 1 is 1.04 bits per heavy atom. The lowest BCUT2D eigenvalue weighted by Gasteiger charge is -2.09. The maximum atomic E-state index is 12.4. The average molecular weight is 326 g/mol. The van der Waals surface area contributed by atoms with Gasteiger partial charge >= 0.3 is 0 Å². The molecule has 3 rings (SSSR count). The molecule has 5 nitrogen and oxygen atoms in total. The first-order chi connectivity index (χ1) is 10.9. The number of fused-ring (bicyclic) bond motifs is 1. The number of carbonyl (C=O) groups is 1. The summed E-state index contributed by atoms with van der Waals surface area (Å²) in [6, 6.07) is 15.1. The molecule has 0 atom stereocenters. The first kappa shape index (κ1) is 15.2. The summed E-state index contributed by atoms with van der Waals surface area (Å²) in [5.74, 6) is -0.369. The van der Waals surface area contributed by atoms with Crippen molar-refractivity contribution in [3.05, 3.63) is 66.4 Å². The van der Waals surface area contributed by atoms with E-state index in [9.17, 15) is 13.2 Å². The summed E-state index contributed by atoms with van der Waals surface area (Å²) < 4.78 is 23.2. The summed E-state index contributed by atoms with van der Waals surface area (Å²) in [6.07, 6.45) is 2.80. The van der Waals surface area contributed by atoms with Gasteiger partial charge in [-0.05, 0) is 42.5 Å². The zero-order chi connectivity index (χ0) is 16.4. The average Bonchev–Trinajstić information content (AvgIpc) is 2.54. The number of hydrogen-bond donors (Lipinski definition) is 1. The van der Waals surface area contributed by atoms with Crippen molar-refractivity contribution in [2.75, 3.05) is 11.6 Å². The van der Waals surface area contributed by atoms with Crippen molar-refractivity contribution in [3.8, 4) is 0 Å². The van der Waals surface area contributed by atoms with Crippen LogP contribution in [0.1, 0.15) is 10.4 Å². The van der Waals surface area contributed by atoms with Gasteiger partial charge in [0.1, 0.15) is 0 Å². The van der Waals surface area contributed by atoms with Gasteiger partial charge in [-0.2, -0.15) is 0 Å². The van der Waals surface area contributed by atoms with E-state index < -0.39 is 9.84 Å². The fourth-order valence-corrected chi connectivity index (χ4v) is 2.94. The van der Waals surface area contributed by atoms with E-state index in [0.717, 1.165) is 17.2 Å². The van der Waals surface area contributed by atoms with Crippen molar-refractivity contribution < 1.29 is 13.2 Å². The summed E-state index contributed by atoms with van der Waals surface area (Å²) in [6.45, 7) is 0. The number of carbonyl (C=O) groups excluding carboxylic acids is 1. The van der Waals surface area contributed by atoms with Gasteiger partial charge in [-0.1, -0.05) is 12.1 Å². The minimum absolute atomic E-state index is 0.115. The highest BCUT2D eigenvalue weighted by Gasteiger charge is 2.12. The molecular weight excluding hydrogens is 312 g/mol. The normalized spacial score (nSPS) is 11.3. The van der Waals surface area contributed by atoms with Crippen molar-refractivity contribution in [2.24, 2.45) is 0 Å². The van der Waals surface area contributed by atoms with Crippen molar-refractivity contribution in [3.63, 3.8) is 0 Å². The Hall–Kier alpha value is -2.73. The van der Waals surface area contributed by atoms with Crippen LogP contribution in [-0.4, -0.2) is 25.6 Å². The van der Waals surface area contributed by atoms with Crippen molar-refractivity contribution in [2.45, 2.75) is 4.90 Å². The number of rotatable bonds is 3. The lowest BCUT2D eigenvalue weighted by atomic mass is 10.1. The van der Waals surface area contributed by atoms with E-state index in [1.807, 2.05) is 12.1 Å². The number of aromatic nitrogens is 1. The number of sulfone groups is 1. The Balaban J connectivity index is 1.96. The van der Waals surface area contributed by atoms with Crippen LogP contribution in [0.5, 0.6) is 0 Å². The lowest BCUT2D eigenvalue weighted by Crippen LogP contribution is -2.13. The largest absolute Gasteiger partial charge is 0.321 e. The Bertz CT molecular complexity index is 992. The fraction of sp³-hybridized carbons (Fsp3) is 0.0588. The topological polar surface area (TPSA) is 76.1 Å². The molecule has 3 aromatic rings. The third-order valence-corrected chi connectivity index (χ3v) is 4.53. The molecule has 2 aromatic carbocycles. The van der Waals surface area contributed by atoms with Gasteiger partial charge in [0.15, 0.2) is 9.84 Å². The quantitative estimate of drug-likeness (QED) is 0.803. The molecule has 1 N–H and O–H groups in total. The van der Waals surface area contributed by atoms with Gasteiger partial charge < -0.3 is 5.32 Å². The second kappa shape index (κ2) is 5.81. The molecule has 0 radical (unpaired) electrons. The second-order valence-corrected chi connectivity index (χ2v) is 7.15. The molecule has 0 saturated heterocycles. The third kappa shape index (κ3) is 3.22. The smallest absolute Gasteiger partial charge is 0.255 e. The predicted molar refractivity (Wildman–Crippen MR) is 89.2 cm³/mol. The monoisotopic (exact) mass is 326 g/mol. The number of benzene rings is 2. The Morgan fingerprint density at radius 3 is 2.61 bits per heavy atom. The van der Waals surface area contributed by atoms with E-state index in [1.54, 1.807) is 36.5 Å². The van der Waals surface area contributed by atoms with E-state index in [-0.39, 0.29) is 16.4 Å². The Labute approximate surface area is 133 Å². The van der Waals surface area contributed by atoms with Gasteiger partial charge in [0, 0.05) is 23.4 Å². The van der Waals surface area contributed by atoms with E-state index >= 15 is 0 Å². The maximum Gasteiger partial charge on any atom is 0.255 e. The maximum absolute atomic E-state index is 12.4. The number of pyridine rings is 1. The first-order valence-corrected chi connectivity index (χ1v) is 8.79. The summed E-state index contributed by atoms with van der Waals surface area (Å²) >= 11 is 0. The summed E-state index contributed by atoms with van der Waals surface area (Å²) in [7, 11) is -3.36. The van der Waals surface area contributed by atoms with E-state index in [2.05, 4.69) is 10.3 Å². The van der Waals surface area contributed by atoms with Crippen LogP contribution in [0.15, 0.2) is 65.7 Å². The number of amides is 1. The standard InChI is InChI=1S/C17H14N2O3S/c1-23(21,22)13-6-2-5-12(11-13)17(20)19-16-9-3-8-15-14(16)7-4-10-18-15/h2-11H,1H3,(H,19,20). The van der Waals surface area contributed by atoms with Gasteiger partial charge in [0.2, 0.25) is 0 Å². The molecule has 116 valence electrons. The van der Waals surface area contributed by atoms with E-state index in [0.29, 0.717) is 5.69 Å². The van der Waals surface area contributed by atoms with Gasteiger partial charge in [0.05, 0.1) is 16.1 Å². The third-order valence-electron chi connectivity index (χ3n) is 3.42. The van der Waals surface area contributed by atoms with Gasteiger partial charge in [-0.3, -0.25) is 9.78 Å². The SMILES string of the molecule is CS(=O)(=O)c1cccc(C(=O)Nc2cccc3ncccc23)c1. The molecule has 0 bridgehead atoms. The summed E-state index contributed by atoms with van der Waals surface area (Å²) in [5.41, 5.74) is 1.69. The molecule has 0 aliphatic carbocycles. The van der Waals surface area contributed by atoms with Crippen molar-refractivity contribution in [1.29, 1.82) is 0 Å². The molecule has 0 aliphatic heterocycles. The minimum Gasteiger partial charge on any atom is -0.321 e. The van der Waals surface area contributed by atoms with Crippen LogP contribution < -0.4 is 5.32 Å². The Kier molecular flexibility index (Phi) is 3.83.